The molecule has 1 N–H and O–H groups in total. The van der Waals surface area contributed by atoms with Crippen LogP contribution >= 0.6 is 11.6 Å². The van der Waals surface area contributed by atoms with Crippen molar-refractivity contribution in [2.75, 3.05) is 6.54 Å². The maximum Gasteiger partial charge on any atom is 0.129 e. The normalized spacial score (nSPS) is 13.0. The molecule has 0 aliphatic carbocycles. The number of benzene rings is 1. The van der Waals surface area contributed by atoms with Gasteiger partial charge in [0.15, 0.2) is 0 Å². The Morgan fingerprint density at radius 2 is 2.00 bits per heavy atom. The van der Waals surface area contributed by atoms with E-state index < -0.39 is 0 Å². The number of rotatable bonds is 7. The summed E-state index contributed by atoms with van der Waals surface area (Å²) in [4.78, 5) is 0. The van der Waals surface area contributed by atoms with Gasteiger partial charge in [-0.05, 0) is 43.9 Å². The molecule has 0 amide bonds. The van der Waals surface area contributed by atoms with E-state index in [4.69, 9.17) is 11.6 Å². The maximum atomic E-state index is 13.9. The van der Waals surface area contributed by atoms with Gasteiger partial charge in [0, 0.05) is 16.6 Å². The summed E-state index contributed by atoms with van der Waals surface area (Å²) in [6, 6.07) is 4.91. The SMILES string of the molecule is CCCNC(CCC(C)C)c1c(F)cccc1Cl. The monoisotopic (exact) mass is 271 g/mol. The molecule has 1 aromatic rings. The second-order valence-corrected chi connectivity index (χ2v) is 5.52. The lowest BCUT2D eigenvalue weighted by atomic mass is 9.97. The first-order valence-corrected chi connectivity index (χ1v) is 7.11. The van der Waals surface area contributed by atoms with Crippen LogP contribution < -0.4 is 5.32 Å². The molecule has 0 heterocycles. The van der Waals surface area contributed by atoms with E-state index in [9.17, 15) is 4.39 Å². The van der Waals surface area contributed by atoms with Crippen molar-refractivity contribution in [2.24, 2.45) is 5.92 Å². The van der Waals surface area contributed by atoms with Crippen molar-refractivity contribution in [3.63, 3.8) is 0 Å². The Kier molecular flexibility index (Phi) is 6.66. The van der Waals surface area contributed by atoms with Gasteiger partial charge in [-0.1, -0.05) is 38.4 Å². The smallest absolute Gasteiger partial charge is 0.129 e. The van der Waals surface area contributed by atoms with E-state index in [1.54, 1.807) is 12.1 Å². The molecule has 0 spiro atoms. The van der Waals surface area contributed by atoms with Crippen LogP contribution in [0.2, 0.25) is 5.02 Å². The number of nitrogens with one attached hydrogen (secondary N) is 1. The summed E-state index contributed by atoms with van der Waals surface area (Å²) in [5.41, 5.74) is 0.619. The van der Waals surface area contributed by atoms with Crippen molar-refractivity contribution >= 4 is 11.6 Å². The predicted octanol–water partition coefficient (Wildman–Crippen LogP) is 4.96. The summed E-state index contributed by atoms with van der Waals surface area (Å²) < 4.78 is 13.9. The molecule has 1 nitrogen and oxygen atoms in total. The molecular weight excluding hydrogens is 249 g/mol. The first-order chi connectivity index (χ1) is 8.56. The number of hydrogen-bond donors (Lipinski definition) is 1. The topological polar surface area (TPSA) is 12.0 Å². The third-order valence-corrected chi connectivity index (χ3v) is 3.35. The fraction of sp³-hybridized carbons (Fsp3) is 0.600. The van der Waals surface area contributed by atoms with Crippen LogP contribution in [0.5, 0.6) is 0 Å². The Bertz CT molecular complexity index is 345. The average molecular weight is 272 g/mol. The van der Waals surface area contributed by atoms with Gasteiger partial charge in [-0.3, -0.25) is 0 Å². The standard InChI is InChI=1S/C15H23ClFN/c1-4-10-18-14(9-8-11(2)3)15-12(16)6-5-7-13(15)17/h5-7,11,14,18H,4,8-10H2,1-3H3. The molecule has 0 aliphatic rings. The van der Waals surface area contributed by atoms with Crippen molar-refractivity contribution in [1.82, 2.24) is 5.32 Å². The van der Waals surface area contributed by atoms with Crippen molar-refractivity contribution in [1.29, 1.82) is 0 Å². The summed E-state index contributed by atoms with van der Waals surface area (Å²) in [6.45, 7) is 7.35. The van der Waals surface area contributed by atoms with Crippen LogP contribution in [0.25, 0.3) is 0 Å². The van der Waals surface area contributed by atoms with E-state index in [0.717, 1.165) is 25.8 Å². The summed E-state index contributed by atoms with van der Waals surface area (Å²) in [6.07, 6.45) is 3.01. The Morgan fingerprint density at radius 3 is 2.56 bits per heavy atom. The van der Waals surface area contributed by atoms with Crippen LogP contribution in [0.1, 0.15) is 51.6 Å². The zero-order chi connectivity index (χ0) is 13.5. The highest BCUT2D eigenvalue weighted by molar-refractivity contribution is 6.31. The van der Waals surface area contributed by atoms with Gasteiger partial charge in [-0.25, -0.2) is 4.39 Å². The van der Waals surface area contributed by atoms with Crippen molar-refractivity contribution < 1.29 is 4.39 Å². The molecule has 1 unspecified atom stereocenters. The third-order valence-electron chi connectivity index (χ3n) is 3.02. The molecule has 102 valence electrons. The summed E-state index contributed by atoms with van der Waals surface area (Å²) in [7, 11) is 0. The second kappa shape index (κ2) is 7.75. The lowest BCUT2D eigenvalue weighted by molar-refractivity contribution is 0.427. The Labute approximate surface area is 115 Å². The van der Waals surface area contributed by atoms with Gasteiger partial charge in [-0.2, -0.15) is 0 Å². The Morgan fingerprint density at radius 1 is 1.28 bits per heavy atom. The van der Waals surface area contributed by atoms with E-state index in [1.165, 1.54) is 6.07 Å². The second-order valence-electron chi connectivity index (χ2n) is 5.11. The largest absolute Gasteiger partial charge is 0.310 e. The van der Waals surface area contributed by atoms with Gasteiger partial charge in [0.05, 0.1) is 0 Å². The maximum absolute atomic E-state index is 13.9. The third kappa shape index (κ3) is 4.58. The average Bonchev–Trinajstić information content (AvgIpc) is 2.31. The molecule has 0 aromatic heterocycles. The number of halogens is 2. The first-order valence-electron chi connectivity index (χ1n) is 6.73. The molecule has 1 aromatic carbocycles. The highest BCUT2D eigenvalue weighted by Crippen LogP contribution is 2.29. The van der Waals surface area contributed by atoms with Crippen molar-refractivity contribution in [2.45, 2.75) is 46.1 Å². The van der Waals surface area contributed by atoms with Crippen molar-refractivity contribution in [3.05, 3.63) is 34.6 Å². The van der Waals surface area contributed by atoms with E-state index >= 15 is 0 Å². The van der Waals surface area contributed by atoms with E-state index in [0.29, 0.717) is 16.5 Å². The quantitative estimate of drug-likeness (QED) is 0.739. The first kappa shape index (κ1) is 15.5. The van der Waals surface area contributed by atoms with Gasteiger partial charge < -0.3 is 5.32 Å². The van der Waals surface area contributed by atoms with Gasteiger partial charge in [0.25, 0.3) is 0 Å². The van der Waals surface area contributed by atoms with Gasteiger partial charge >= 0.3 is 0 Å². The van der Waals surface area contributed by atoms with Crippen LogP contribution in [0.3, 0.4) is 0 Å². The highest BCUT2D eigenvalue weighted by Gasteiger charge is 2.18. The van der Waals surface area contributed by atoms with Crippen LogP contribution in [-0.2, 0) is 0 Å². The molecular formula is C15H23ClFN. The van der Waals surface area contributed by atoms with Gasteiger partial charge in [-0.15, -0.1) is 0 Å². The molecule has 0 fully saturated rings. The predicted molar refractivity (Wildman–Crippen MR) is 76.5 cm³/mol. The zero-order valence-corrected chi connectivity index (χ0v) is 12.2. The van der Waals surface area contributed by atoms with E-state index in [2.05, 4.69) is 26.1 Å². The Balaban J connectivity index is 2.86. The van der Waals surface area contributed by atoms with Gasteiger partial charge in [0.1, 0.15) is 5.82 Å². The van der Waals surface area contributed by atoms with Crippen LogP contribution in [0.15, 0.2) is 18.2 Å². The minimum Gasteiger partial charge on any atom is -0.310 e. The van der Waals surface area contributed by atoms with Crippen LogP contribution in [-0.4, -0.2) is 6.54 Å². The molecule has 0 saturated carbocycles. The Hall–Kier alpha value is -0.600. The molecule has 3 heteroatoms. The van der Waals surface area contributed by atoms with Crippen LogP contribution in [0.4, 0.5) is 4.39 Å². The molecule has 1 atom stereocenters. The zero-order valence-electron chi connectivity index (χ0n) is 11.5. The molecule has 18 heavy (non-hydrogen) atoms. The molecule has 0 radical (unpaired) electrons. The van der Waals surface area contributed by atoms with Gasteiger partial charge in [0.2, 0.25) is 0 Å². The fourth-order valence-electron chi connectivity index (χ4n) is 2.01. The highest BCUT2D eigenvalue weighted by atomic mass is 35.5. The van der Waals surface area contributed by atoms with E-state index in [1.807, 2.05) is 0 Å². The summed E-state index contributed by atoms with van der Waals surface area (Å²) in [5.74, 6) is 0.404. The molecule has 0 aliphatic heterocycles. The minimum absolute atomic E-state index is 0.0149. The summed E-state index contributed by atoms with van der Waals surface area (Å²) in [5, 5.41) is 3.92. The molecule has 0 bridgehead atoms. The van der Waals surface area contributed by atoms with Crippen LogP contribution in [0, 0.1) is 11.7 Å². The lowest BCUT2D eigenvalue weighted by Crippen LogP contribution is -2.24. The number of hydrogen-bond acceptors (Lipinski definition) is 1. The van der Waals surface area contributed by atoms with Crippen molar-refractivity contribution in [3.8, 4) is 0 Å². The molecule has 1 rings (SSSR count). The minimum atomic E-state index is -0.208. The lowest BCUT2D eigenvalue weighted by Gasteiger charge is -2.21. The summed E-state index contributed by atoms with van der Waals surface area (Å²) >= 11 is 6.14. The molecule has 0 saturated heterocycles. The van der Waals surface area contributed by atoms with E-state index in [-0.39, 0.29) is 11.9 Å². The fourth-order valence-corrected chi connectivity index (χ4v) is 2.31.